The highest BCUT2D eigenvalue weighted by molar-refractivity contribution is 5.87. The Balaban J connectivity index is 1.37. The third kappa shape index (κ3) is 6.46. The third-order valence-electron chi connectivity index (χ3n) is 11.5. The van der Waals surface area contributed by atoms with E-state index in [1.807, 2.05) is 25.1 Å². The quantitative estimate of drug-likeness (QED) is 0.320. The summed E-state index contributed by atoms with van der Waals surface area (Å²) < 4.78 is 24.0. The zero-order chi connectivity index (χ0) is 32.5. The first-order chi connectivity index (χ1) is 22.1. The molecule has 0 radical (unpaired) electrons. The second-order valence-corrected chi connectivity index (χ2v) is 14.5. The molecule has 6 rings (SSSR count). The second kappa shape index (κ2) is 13.5. The Bertz CT molecular complexity index is 1440. The molecule has 2 bridgehead atoms. The highest BCUT2D eigenvalue weighted by Crippen LogP contribution is 2.45. The highest BCUT2D eigenvalue weighted by atomic mass is 16.6. The van der Waals surface area contributed by atoms with Crippen LogP contribution in [0.15, 0.2) is 18.2 Å². The number of carbonyl (C=O) groups excluding carboxylic acids is 3. The van der Waals surface area contributed by atoms with Crippen LogP contribution in [-0.4, -0.2) is 77.6 Å². The number of aromatic nitrogens is 2. The molecule has 0 spiro atoms. The van der Waals surface area contributed by atoms with Crippen molar-refractivity contribution >= 4 is 29.2 Å². The average molecular weight is 636 g/mol. The summed E-state index contributed by atoms with van der Waals surface area (Å²) >= 11 is 0. The first kappa shape index (κ1) is 32.7. The molecule has 2 aromatic rings. The molecule has 250 valence electrons. The minimum Gasteiger partial charge on any atom is -0.497 e. The van der Waals surface area contributed by atoms with Crippen molar-refractivity contribution in [2.75, 3.05) is 26.9 Å². The fraction of sp³-hybridized carbons (Fsp3) is 0.694. The number of esters is 1. The monoisotopic (exact) mass is 635 g/mol. The van der Waals surface area contributed by atoms with Crippen molar-refractivity contribution in [2.24, 2.45) is 23.2 Å². The fourth-order valence-electron chi connectivity index (χ4n) is 8.29. The first-order valence-electron chi connectivity index (χ1n) is 17.2. The molecule has 46 heavy (non-hydrogen) atoms. The van der Waals surface area contributed by atoms with Gasteiger partial charge in [-0.15, -0.1) is 0 Å². The number of ether oxygens (including phenoxy) is 4. The lowest BCUT2D eigenvalue weighted by molar-refractivity contribution is -0.168. The van der Waals surface area contributed by atoms with Crippen molar-refractivity contribution in [1.82, 2.24) is 14.9 Å². The van der Waals surface area contributed by atoms with E-state index in [1.54, 1.807) is 12.0 Å². The third-order valence-corrected chi connectivity index (χ3v) is 11.5. The van der Waals surface area contributed by atoms with Gasteiger partial charge < -0.3 is 28.6 Å². The fourth-order valence-corrected chi connectivity index (χ4v) is 8.29. The molecule has 0 N–H and O–H groups in total. The van der Waals surface area contributed by atoms with Gasteiger partial charge >= 0.3 is 5.97 Å². The summed E-state index contributed by atoms with van der Waals surface area (Å²) in [6, 6.07) is 4.95. The highest BCUT2D eigenvalue weighted by Gasteiger charge is 2.50. The Morgan fingerprint density at radius 3 is 2.54 bits per heavy atom. The first-order valence-corrected chi connectivity index (χ1v) is 17.2. The number of aryl methyl sites for hydroxylation is 1. The predicted molar refractivity (Wildman–Crippen MR) is 172 cm³/mol. The van der Waals surface area contributed by atoms with E-state index >= 15 is 0 Å². The number of benzene rings is 1. The summed E-state index contributed by atoms with van der Waals surface area (Å²) in [6.07, 6.45) is 9.22. The van der Waals surface area contributed by atoms with Gasteiger partial charge in [0.25, 0.3) is 0 Å². The summed E-state index contributed by atoms with van der Waals surface area (Å²) in [5.41, 5.74) is 1.22. The van der Waals surface area contributed by atoms with Gasteiger partial charge in [0.2, 0.25) is 11.8 Å². The van der Waals surface area contributed by atoms with Crippen molar-refractivity contribution in [2.45, 2.75) is 109 Å². The molecule has 10 nitrogen and oxygen atoms in total. The zero-order valence-electron chi connectivity index (χ0n) is 27.8. The maximum absolute atomic E-state index is 14.6. The van der Waals surface area contributed by atoms with E-state index in [4.69, 9.17) is 28.9 Å². The van der Waals surface area contributed by atoms with Crippen LogP contribution >= 0.6 is 0 Å². The maximum atomic E-state index is 14.6. The summed E-state index contributed by atoms with van der Waals surface area (Å²) in [6.45, 7) is 7.37. The van der Waals surface area contributed by atoms with Gasteiger partial charge in [-0.2, -0.15) is 0 Å². The SMILES string of the molecule is COc1ccc2nc3c(nc2c1)O[C@H]1CN(C(=O)[C@H](C2(C)CCOCC2)CC(=O)O[C@]2(C)CCC[C@H]2CCCCC3)[C@H](C=O)[C@@H]1C. The Morgan fingerprint density at radius 2 is 1.78 bits per heavy atom. The van der Waals surface area contributed by atoms with E-state index in [0.29, 0.717) is 49.6 Å². The van der Waals surface area contributed by atoms with E-state index in [-0.39, 0.29) is 36.7 Å². The van der Waals surface area contributed by atoms with Gasteiger partial charge in [0.05, 0.1) is 43.1 Å². The molecule has 10 heteroatoms. The smallest absolute Gasteiger partial charge is 0.307 e. The van der Waals surface area contributed by atoms with Crippen LogP contribution in [0.3, 0.4) is 0 Å². The molecule has 1 aromatic carbocycles. The van der Waals surface area contributed by atoms with Crippen LogP contribution in [0.2, 0.25) is 0 Å². The molecular formula is C36H49N3O7. The number of fused-ring (bicyclic) bond motifs is 5. The van der Waals surface area contributed by atoms with Gasteiger partial charge in [0.15, 0.2) is 0 Å². The summed E-state index contributed by atoms with van der Waals surface area (Å²) in [5, 5.41) is 0. The second-order valence-electron chi connectivity index (χ2n) is 14.5. The van der Waals surface area contributed by atoms with E-state index in [1.165, 1.54) is 0 Å². The average Bonchev–Trinajstić information content (AvgIpc) is 3.56. The molecule has 1 saturated carbocycles. The molecule has 3 fully saturated rings. The number of hydrogen-bond acceptors (Lipinski definition) is 9. The Labute approximate surface area is 271 Å². The van der Waals surface area contributed by atoms with Gasteiger partial charge in [-0.1, -0.05) is 26.7 Å². The standard InChI is InChI=1S/C36H49N3O7/c1-23-30(22-40)39-21-31(23)45-33-28(37-27-13-12-25(43-4)19-29(27)38-33)11-7-5-6-9-24-10-8-14-36(24,3)46-32(41)20-26(34(39)42)35(2)15-17-44-18-16-35/h12-13,19,22-24,26,30-31H,5-11,14-18,20-21H2,1-4H3/t23-,24+,26+,30+,31-,36+/m0/s1. The van der Waals surface area contributed by atoms with Gasteiger partial charge in [0, 0.05) is 25.2 Å². The lowest BCUT2D eigenvalue weighted by Gasteiger charge is -2.42. The number of rotatable bonds is 3. The maximum Gasteiger partial charge on any atom is 0.307 e. The number of carbonyl (C=O) groups is 3. The number of methoxy groups -OCH3 is 1. The summed E-state index contributed by atoms with van der Waals surface area (Å²) in [7, 11) is 1.62. The normalized spacial score (nSPS) is 32.4. The minimum absolute atomic E-state index is 0.0121. The Morgan fingerprint density at radius 1 is 1.00 bits per heavy atom. The van der Waals surface area contributed by atoms with Crippen LogP contribution in [0.4, 0.5) is 0 Å². The van der Waals surface area contributed by atoms with Crippen LogP contribution < -0.4 is 9.47 Å². The molecule has 1 aliphatic carbocycles. The molecule has 3 aliphatic heterocycles. The zero-order valence-corrected chi connectivity index (χ0v) is 27.8. The van der Waals surface area contributed by atoms with Crippen LogP contribution in [0.25, 0.3) is 11.0 Å². The summed E-state index contributed by atoms with van der Waals surface area (Å²) in [4.78, 5) is 52.4. The minimum atomic E-state index is -0.685. The van der Waals surface area contributed by atoms with Crippen molar-refractivity contribution in [1.29, 1.82) is 0 Å². The Hall–Kier alpha value is -3.27. The number of amides is 1. The van der Waals surface area contributed by atoms with Crippen molar-refractivity contribution < 1.29 is 33.3 Å². The van der Waals surface area contributed by atoms with Crippen molar-refractivity contribution in [3.63, 3.8) is 0 Å². The largest absolute Gasteiger partial charge is 0.497 e. The van der Waals surface area contributed by atoms with Crippen LogP contribution in [0, 0.1) is 23.2 Å². The molecular weight excluding hydrogens is 586 g/mol. The lowest BCUT2D eigenvalue weighted by Crippen LogP contribution is -2.49. The van der Waals surface area contributed by atoms with E-state index in [0.717, 1.165) is 62.4 Å². The molecule has 2 saturated heterocycles. The molecule has 0 unspecified atom stereocenters. The van der Waals surface area contributed by atoms with Crippen molar-refractivity contribution in [3.05, 3.63) is 23.9 Å². The summed E-state index contributed by atoms with van der Waals surface area (Å²) in [5.74, 6) is -0.0275. The van der Waals surface area contributed by atoms with Crippen LogP contribution in [-0.2, 0) is 30.3 Å². The van der Waals surface area contributed by atoms with E-state index in [2.05, 4.69) is 13.8 Å². The molecule has 4 aliphatic rings. The van der Waals surface area contributed by atoms with E-state index < -0.39 is 29.1 Å². The lowest BCUT2D eigenvalue weighted by atomic mass is 9.69. The van der Waals surface area contributed by atoms with E-state index in [9.17, 15) is 14.4 Å². The molecule has 6 atom stereocenters. The Kier molecular flexibility index (Phi) is 9.55. The molecule has 1 amide bonds. The molecule has 4 heterocycles. The number of nitrogens with zero attached hydrogens (tertiary/aromatic N) is 3. The predicted octanol–water partition coefficient (Wildman–Crippen LogP) is 5.47. The topological polar surface area (TPSA) is 117 Å². The van der Waals surface area contributed by atoms with Gasteiger partial charge in [-0.3, -0.25) is 9.59 Å². The van der Waals surface area contributed by atoms with Crippen LogP contribution in [0.5, 0.6) is 11.6 Å². The van der Waals surface area contributed by atoms with Gasteiger partial charge in [-0.05, 0) is 81.8 Å². The van der Waals surface area contributed by atoms with Crippen LogP contribution in [0.1, 0.15) is 90.7 Å². The van der Waals surface area contributed by atoms with Gasteiger partial charge in [-0.25, -0.2) is 9.97 Å². The number of aldehydes is 1. The number of hydrogen-bond donors (Lipinski definition) is 0. The molecule has 1 aromatic heterocycles. The van der Waals surface area contributed by atoms with Crippen molar-refractivity contribution in [3.8, 4) is 11.6 Å². The van der Waals surface area contributed by atoms with Gasteiger partial charge in [0.1, 0.15) is 29.4 Å².